The lowest BCUT2D eigenvalue weighted by Crippen LogP contribution is -2.42. The summed E-state index contributed by atoms with van der Waals surface area (Å²) in [6, 6.07) is 18.2. The van der Waals surface area contributed by atoms with Crippen molar-refractivity contribution >= 4 is 40.5 Å². The molecule has 54 heavy (non-hydrogen) atoms. The number of aromatic nitrogens is 3. The van der Waals surface area contributed by atoms with E-state index in [1.807, 2.05) is 57.3 Å². The highest BCUT2D eigenvalue weighted by Gasteiger charge is 2.50. The van der Waals surface area contributed by atoms with Gasteiger partial charge in [-0.15, -0.1) is 10.2 Å². The van der Waals surface area contributed by atoms with E-state index in [2.05, 4.69) is 45.4 Å². The minimum atomic E-state index is -2.36. The van der Waals surface area contributed by atoms with Crippen molar-refractivity contribution in [2.75, 3.05) is 24.7 Å². The Morgan fingerprint density at radius 1 is 1.04 bits per heavy atom. The second-order valence-corrected chi connectivity index (χ2v) is 15.8. The van der Waals surface area contributed by atoms with Crippen molar-refractivity contribution in [3.05, 3.63) is 89.8 Å². The Balaban J connectivity index is 1.05. The first-order valence-corrected chi connectivity index (χ1v) is 19.5. The summed E-state index contributed by atoms with van der Waals surface area (Å²) < 4.78 is 38.5. The summed E-state index contributed by atoms with van der Waals surface area (Å²) in [5, 5.41) is 15.1. The molecule has 0 radical (unpaired) electrons. The summed E-state index contributed by atoms with van der Waals surface area (Å²) in [6.45, 7) is 6.93. The summed E-state index contributed by atoms with van der Waals surface area (Å²) in [7, 11) is 0. The van der Waals surface area contributed by atoms with Crippen LogP contribution in [0.15, 0.2) is 83.6 Å². The van der Waals surface area contributed by atoms with Crippen molar-refractivity contribution in [1.82, 2.24) is 25.2 Å². The molecular formula is C39H48N8O6S. The molecule has 3 heterocycles. The largest absolute Gasteiger partial charge is 0.491 e. The van der Waals surface area contributed by atoms with Crippen molar-refractivity contribution < 1.29 is 27.2 Å². The molecule has 1 spiro atoms. The summed E-state index contributed by atoms with van der Waals surface area (Å²) in [6.07, 6.45) is 10.8. The first kappa shape index (κ1) is 37.3. The molecule has 3 aliphatic rings. The molecule has 5 N–H and O–H groups in total. The fourth-order valence-electron chi connectivity index (χ4n) is 7.19. The zero-order valence-corrected chi connectivity index (χ0v) is 31.7. The second-order valence-electron chi connectivity index (χ2n) is 15.1. The highest BCUT2D eigenvalue weighted by molar-refractivity contribution is 7.74. The maximum atomic E-state index is 13.6. The van der Waals surface area contributed by atoms with Gasteiger partial charge in [0, 0.05) is 35.3 Å². The lowest BCUT2D eigenvalue weighted by Gasteiger charge is -2.36. The molecule has 15 heteroatoms. The normalized spacial score (nSPS) is 20.3. The molecule has 286 valence electrons. The molecule has 2 amide bonds. The molecule has 4 aromatic rings. The van der Waals surface area contributed by atoms with Crippen LogP contribution in [0.1, 0.15) is 89.0 Å². The van der Waals surface area contributed by atoms with Crippen LogP contribution >= 0.6 is 0 Å². The topological polar surface area (TPSA) is 178 Å². The Bertz CT molecular complexity index is 2070. The Kier molecular flexibility index (Phi) is 10.9. The number of amides is 2. The smallest absolute Gasteiger partial charge is 0.320 e. The Labute approximate surface area is 317 Å². The maximum absolute atomic E-state index is 13.6. The van der Waals surface area contributed by atoms with Gasteiger partial charge in [0.15, 0.2) is 5.65 Å². The van der Waals surface area contributed by atoms with Gasteiger partial charge in [-0.2, -0.15) is 4.21 Å². The molecule has 7 rings (SSSR count). The van der Waals surface area contributed by atoms with Gasteiger partial charge in [-0.25, -0.2) is 9.79 Å². The number of urea groups is 1. The maximum Gasteiger partial charge on any atom is 0.320 e. The van der Waals surface area contributed by atoms with Crippen LogP contribution in [0.25, 0.3) is 5.65 Å². The van der Waals surface area contributed by atoms with E-state index in [9.17, 15) is 9.00 Å². The standard InChI is InChI=1S/C39H48N8O6S/c1-38(2,3)33(40)24-34(41-26-9-8-10-27(23-26)51-21-22-52-54(49)50)43-36(48)42-31-14-15-32(30-12-5-4-11-29(30)31)53-28-13-16-35-44-45-37(46(35)25-28)47-20-7-6-17-39(47)18-19-39/h4-5,8-13,16,23-25,31-32H,6-7,14-15,17-22,40H2,1-3H3,(H,49,50)(H2,41,42,43,48)/t31-,32+/m0/s1. The second kappa shape index (κ2) is 15.8. The van der Waals surface area contributed by atoms with Crippen molar-refractivity contribution in [3.63, 3.8) is 0 Å². The van der Waals surface area contributed by atoms with E-state index in [-0.39, 0.29) is 42.1 Å². The van der Waals surface area contributed by atoms with E-state index in [1.165, 1.54) is 25.7 Å². The number of nitrogens with zero attached hydrogens (tertiary/aromatic N) is 5. The van der Waals surface area contributed by atoms with Crippen molar-refractivity contribution in [2.24, 2.45) is 16.1 Å². The number of allylic oxidation sites excluding steroid dienone is 1. The molecular weight excluding hydrogens is 709 g/mol. The molecule has 3 atom stereocenters. The van der Waals surface area contributed by atoms with E-state index >= 15 is 0 Å². The third kappa shape index (κ3) is 8.69. The van der Waals surface area contributed by atoms with E-state index in [1.54, 1.807) is 30.3 Å². The first-order chi connectivity index (χ1) is 26.0. The predicted molar refractivity (Wildman–Crippen MR) is 207 cm³/mol. The van der Waals surface area contributed by atoms with Crippen molar-refractivity contribution in [2.45, 2.75) is 83.4 Å². The van der Waals surface area contributed by atoms with Gasteiger partial charge in [0.1, 0.15) is 36.7 Å². The molecule has 0 bridgehead atoms. The molecule has 1 unspecified atom stereocenters. The number of aliphatic imine (C=N–C) groups is 1. The number of carbonyl (C=O) groups excluding carboxylic acids is 1. The number of hydrogen-bond donors (Lipinski definition) is 4. The number of carbonyl (C=O) groups is 1. The number of pyridine rings is 1. The predicted octanol–water partition coefficient (Wildman–Crippen LogP) is 6.66. The molecule has 1 saturated carbocycles. The lowest BCUT2D eigenvalue weighted by molar-refractivity contribution is 0.171. The minimum Gasteiger partial charge on any atom is -0.491 e. The van der Waals surface area contributed by atoms with Crippen LogP contribution in [-0.4, -0.2) is 60.5 Å². The van der Waals surface area contributed by atoms with Crippen LogP contribution in [0.3, 0.4) is 0 Å². The van der Waals surface area contributed by atoms with Gasteiger partial charge in [-0.3, -0.25) is 18.5 Å². The van der Waals surface area contributed by atoms with Crippen LogP contribution in [0.2, 0.25) is 0 Å². The average molecular weight is 757 g/mol. The van der Waals surface area contributed by atoms with Crippen molar-refractivity contribution in [3.8, 4) is 11.5 Å². The van der Waals surface area contributed by atoms with E-state index in [4.69, 9.17) is 19.8 Å². The van der Waals surface area contributed by atoms with Gasteiger partial charge in [0.25, 0.3) is 0 Å². The number of amidine groups is 1. The number of anilines is 1. The zero-order chi connectivity index (χ0) is 37.9. The van der Waals surface area contributed by atoms with Crippen molar-refractivity contribution in [1.29, 1.82) is 0 Å². The van der Waals surface area contributed by atoms with Crippen LogP contribution in [-0.2, 0) is 15.5 Å². The van der Waals surface area contributed by atoms with Crippen LogP contribution < -0.4 is 30.7 Å². The first-order valence-electron chi connectivity index (χ1n) is 18.5. The number of fused-ring (bicyclic) bond motifs is 2. The molecule has 2 aliphatic carbocycles. The van der Waals surface area contributed by atoms with Crippen LogP contribution in [0, 0.1) is 5.41 Å². The number of benzene rings is 2. The van der Waals surface area contributed by atoms with E-state index in [0.29, 0.717) is 30.0 Å². The number of piperidine rings is 1. The Morgan fingerprint density at radius 3 is 2.63 bits per heavy atom. The van der Waals surface area contributed by atoms with Crippen LogP contribution in [0.4, 0.5) is 16.4 Å². The molecule has 2 aromatic carbocycles. The van der Waals surface area contributed by atoms with E-state index < -0.39 is 17.4 Å². The average Bonchev–Trinajstić information content (AvgIpc) is 3.78. The summed E-state index contributed by atoms with van der Waals surface area (Å²) in [5.74, 6) is 2.36. The van der Waals surface area contributed by atoms with Gasteiger partial charge < -0.3 is 25.4 Å². The summed E-state index contributed by atoms with van der Waals surface area (Å²) in [5.41, 5.74) is 10.1. The quantitative estimate of drug-likeness (QED) is 0.0560. The monoisotopic (exact) mass is 756 g/mol. The number of ether oxygens (including phenoxy) is 2. The fraction of sp³-hybridized carbons (Fsp3) is 0.436. The van der Waals surface area contributed by atoms with Gasteiger partial charge >= 0.3 is 17.4 Å². The Hall–Kier alpha value is -4.99. The molecule has 14 nitrogen and oxygen atoms in total. The Morgan fingerprint density at radius 2 is 1.85 bits per heavy atom. The summed E-state index contributed by atoms with van der Waals surface area (Å²) >= 11 is -2.36. The summed E-state index contributed by atoms with van der Waals surface area (Å²) in [4.78, 5) is 20.8. The number of nitrogens with one attached hydrogen (secondary N) is 2. The highest BCUT2D eigenvalue weighted by Crippen LogP contribution is 2.50. The molecule has 2 fully saturated rings. The van der Waals surface area contributed by atoms with Gasteiger partial charge in [-0.05, 0) is 80.3 Å². The highest BCUT2D eigenvalue weighted by atomic mass is 32.2. The van der Waals surface area contributed by atoms with E-state index in [0.717, 1.165) is 41.4 Å². The zero-order valence-electron chi connectivity index (χ0n) is 30.9. The molecule has 1 saturated heterocycles. The minimum absolute atomic E-state index is 0.0647. The SMILES string of the molecule is CC(C)(C)C(N)=CC(=Nc1cccc(OCCOS(=O)O)c1)NC(=O)N[C@H]1CC[C@@H](Oc2ccc3nnc(N4CCCCC45CC5)n3c2)c2ccccc21. The third-order valence-electron chi connectivity index (χ3n) is 10.3. The number of rotatable bonds is 11. The van der Waals surface area contributed by atoms with Gasteiger partial charge in [-0.1, -0.05) is 51.1 Å². The molecule has 2 aromatic heterocycles. The fourth-order valence-corrected chi connectivity index (χ4v) is 7.40. The van der Waals surface area contributed by atoms with Crippen LogP contribution in [0.5, 0.6) is 11.5 Å². The number of hydrogen-bond acceptors (Lipinski definition) is 10. The number of nitrogens with two attached hydrogens (primary N) is 1. The van der Waals surface area contributed by atoms with Gasteiger partial charge in [0.2, 0.25) is 5.95 Å². The molecule has 1 aliphatic heterocycles. The third-order valence-corrected chi connectivity index (χ3v) is 10.7. The lowest BCUT2D eigenvalue weighted by atomic mass is 9.85. The van der Waals surface area contributed by atoms with Gasteiger partial charge in [0.05, 0.1) is 17.9 Å².